The molecule has 1 amide bonds. The Bertz CT molecular complexity index is 1440. The summed E-state index contributed by atoms with van der Waals surface area (Å²) in [5, 5.41) is -7.92. The van der Waals surface area contributed by atoms with E-state index in [4.69, 9.17) is 47.4 Å². The van der Waals surface area contributed by atoms with Crippen molar-refractivity contribution in [3.8, 4) is 0 Å². The highest BCUT2D eigenvalue weighted by molar-refractivity contribution is 7.91. The summed E-state index contributed by atoms with van der Waals surface area (Å²) in [5.41, 5.74) is 0. The molecule has 0 bridgehead atoms. The second kappa shape index (κ2) is 29.6. The summed E-state index contributed by atoms with van der Waals surface area (Å²) in [7, 11) is -7.86. The summed E-state index contributed by atoms with van der Waals surface area (Å²) in [6, 6.07) is 0. The SMILES string of the molecule is CCCCOCCOCCOCCOCCOCCOCCOCCOCCOCCOCCOC(=O)NS(=O)(=O)C(F)(F)C(F)(F)C(F)(F)C(F)(F)C(F)(F)C(F)(F)C(F)(F)C(F)(F)F. The molecule has 0 heterocycles. The number of carbonyl (C=O) groups is 1. The van der Waals surface area contributed by atoms with E-state index in [9.17, 15) is 87.8 Å². The summed E-state index contributed by atoms with van der Waals surface area (Å²) < 4.78 is 307. The van der Waals surface area contributed by atoms with Crippen LogP contribution < -0.4 is 4.72 Å². The van der Waals surface area contributed by atoms with Gasteiger partial charge in [-0.2, -0.15) is 83.1 Å². The van der Waals surface area contributed by atoms with Crippen molar-refractivity contribution in [1.82, 2.24) is 4.72 Å². The third-order valence-corrected chi connectivity index (χ3v) is 9.07. The van der Waals surface area contributed by atoms with Gasteiger partial charge in [0.05, 0.1) is 126 Å². The average molecular weight is 1040 g/mol. The average Bonchev–Trinajstić information content (AvgIpc) is 3.21. The van der Waals surface area contributed by atoms with Gasteiger partial charge in [-0.25, -0.2) is 9.52 Å². The normalized spacial score (nSPS) is 14.0. The molecule has 0 aromatic carbocycles. The lowest BCUT2D eigenvalue weighted by molar-refractivity contribution is -0.458. The zero-order valence-electron chi connectivity index (χ0n) is 34.8. The number of ether oxygens (including phenoxy) is 11. The van der Waals surface area contributed by atoms with Crippen LogP contribution in [0.3, 0.4) is 0 Å². The van der Waals surface area contributed by atoms with Crippen LogP contribution in [-0.2, 0) is 62.1 Å². The predicted octanol–water partition coefficient (Wildman–Crippen LogP) is 5.98. The monoisotopic (exact) mass is 1040 g/mol. The molecule has 0 fully saturated rings. The molecule has 0 unspecified atom stereocenters. The third-order valence-electron chi connectivity index (χ3n) is 7.70. The van der Waals surface area contributed by atoms with Gasteiger partial charge in [-0.1, -0.05) is 13.3 Å². The second-order valence-electron chi connectivity index (χ2n) is 12.7. The number of sulfonamides is 1. The van der Waals surface area contributed by atoms with E-state index in [1.165, 1.54) is 0 Å². The molecule has 0 atom stereocenters. The molecule has 0 aromatic heterocycles. The fourth-order valence-corrected chi connectivity index (χ4v) is 4.91. The van der Waals surface area contributed by atoms with Crippen molar-refractivity contribution in [2.45, 2.75) is 66.7 Å². The van der Waals surface area contributed by atoms with Gasteiger partial charge in [0, 0.05) is 6.61 Å². The Morgan fingerprint density at radius 1 is 0.364 bits per heavy atom. The van der Waals surface area contributed by atoms with Crippen LogP contribution >= 0.6 is 0 Å². The number of hydrogen-bond acceptors (Lipinski definition) is 14. The highest BCUT2D eigenvalue weighted by atomic mass is 32.2. The summed E-state index contributed by atoms with van der Waals surface area (Å²) in [6.45, 7) is 5.55. The van der Waals surface area contributed by atoms with Crippen LogP contribution in [0.4, 0.5) is 79.4 Å². The largest absolute Gasteiger partial charge is 0.460 e. The van der Waals surface area contributed by atoms with E-state index in [2.05, 4.69) is 11.7 Å². The lowest BCUT2D eigenvalue weighted by Gasteiger charge is -2.42. The van der Waals surface area contributed by atoms with Gasteiger partial charge in [-0.05, 0) is 6.42 Å². The van der Waals surface area contributed by atoms with Crippen molar-refractivity contribution < 1.29 is 140 Å². The van der Waals surface area contributed by atoms with E-state index in [-0.39, 0.29) is 57.6 Å². The summed E-state index contributed by atoms with van der Waals surface area (Å²) in [6.07, 6.45) is -8.62. The highest BCUT2D eigenvalue weighted by Gasteiger charge is 2.96. The fraction of sp³-hybridized carbons (Fsp3) is 0.970. The minimum Gasteiger partial charge on any atom is -0.446 e. The molecule has 0 saturated heterocycles. The van der Waals surface area contributed by atoms with Gasteiger partial charge in [0.1, 0.15) is 6.61 Å². The van der Waals surface area contributed by atoms with Gasteiger partial charge in [0.15, 0.2) is 0 Å². The van der Waals surface area contributed by atoms with Crippen LogP contribution in [0.2, 0.25) is 0 Å². The number of carbonyl (C=O) groups excluding carboxylic acids is 1. The molecule has 0 spiro atoms. The van der Waals surface area contributed by atoms with Crippen LogP contribution in [0, 0.1) is 0 Å². The Morgan fingerprint density at radius 3 is 0.848 bits per heavy atom. The molecule has 0 saturated carbocycles. The molecule has 0 rings (SSSR count). The van der Waals surface area contributed by atoms with E-state index in [0.29, 0.717) is 66.1 Å². The number of unbranched alkanes of at least 4 members (excludes halogenated alkanes) is 1. The molecular weight excluding hydrogens is 989 g/mol. The van der Waals surface area contributed by atoms with Crippen LogP contribution in [0.1, 0.15) is 19.8 Å². The molecular formula is C33H50F17NO14S. The number of amides is 1. The number of hydrogen-bond donors (Lipinski definition) is 1. The zero-order chi connectivity index (χ0) is 50.8. The minimum absolute atomic E-state index is 0.00271. The number of nitrogens with one attached hydrogen (secondary N) is 1. The van der Waals surface area contributed by atoms with Gasteiger partial charge in [0.25, 0.3) is 0 Å². The van der Waals surface area contributed by atoms with E-state index in [1.807, 2.05) is 0 Å². The number of alkyl halides is 17. The maximum atomic E-state index is 14.1. The summed E-state index contributed by atoms with van der Waals surface area (Å²) in [4.78, 5) is 11.5. The highest BCUT2D eigenvalue weighted by Crippen LogP contribution is 2.64. The van der Waals surface area contributed by atoms with E-state index in [0.717, 1.165) is 19.4 Å². The molecule has 0 aliphatic carbocycles. The summed E-state index contributed by atoms with van der Waals surface area (Å²) in [5.74, 6) is -52.6. The Balaban J connectivity index is 4.17. The van der Waals surface area contributed by atoms with Crippen LogP contribution in [-0.4, -0.2) is 200 Å². The molecule has 0 aliphatic heterocycles. The zero-order valence-corrected chi connectivity index (χ0v) is 35.6. The second-order valence-corrected chi connectivity index (χ2v) is 14.4. The maximum Gasteiger partial charge on any atom is 0.460 e. The van der Waals surface area contributed by atoms with Crippen molar-refractivity contribution in [2.24, 2.45) is 0 Å². The summed E-state index contributed by atoms with van der Waals surface area (Å²) >= 11 is 0. The number of halogens is 17. The van der Waals surface area contributed by atoms with Crippen LogP contribution in [0.25, 0.3) is 0 Å². The van der Waals surface area contributed by atoms with E-state index >= 15 is 0 Å². The molecule has 33 heteroatoms. The Kier molecular flexibility index (Phi) is 28.5. The first kappa shape index (κ1) is 63.6. The maximum absolute atomic E-state index is 14.1. The van der Waals surface area contributed by atoms with Crippen LogP contribution in [0.5, 0.6) is 0 Å². The predicted molar refractivity (Wildman–Crippen MR) is 187 cm³/mol. The van der Waals surface area contributed by atoms with Gasteiger partial charge < -0.3 is 52.1 Å². The molecule has 0 aliphatic rings. The van der Waals surface area contributed by atoms with Crippen molar-refractivity contribution in [3.05, 3.63) is 0 Å². The molecule has 0 aromatic rings. The minimum atomic E-state index is -9.01. The molecule has 66 heavy (non-hydrogen) atoms. The standard InChI is InChI=1S/C33H50F17NO14S/c1-2-3-4-55-5-6-56-7-8-57-9-10-58-11-12-59-13-14-60-15-16-61-17-18-62-19-20-63-21-22-64-23-24-65-25(52)51-66(53,54)33(49,50)31(44,45)29(40,41)27(36,37)26(34,35)28(38,39)30(42,43)32(46,47)48/h2-24H2,1H3,(H,51,52). The first-order valence-electron chi connectivity index (χ1n) is 19.1. The van der Waals surface area contributed by atoms with Gasteiger partial charge in [-0.3, -0.25) is 0 Å². The van der Waals surface area contributed by atoms with Gasteiger partial charge in [0.2, 0.25) is 0 Å². The first-order valence-corrected chi connectivity index (χ1v) is 20.6. The Morgan fingerprint density at radius 2 is 0.591 bits per heavy atom. The van der Waals surface area contributed by atoms with Crippen molar-refractivity contribution in [3.63, 3.8) is 0 Å². The smallest absolute Gasteiger partial charge is 0.446 e. The van der Waals surface area contributed by atoms with Crippen molar-refractivity contribution in [2.75, 3.05) is 139 Å². The lowest BCUT2D eigenvalue weighted by Crippen LogP contribution is -2.75. The van der Waals surface area contributed by atoms with E-state index in [1.54, 1.807) is 0 Å². The molecule has 1 N–H and O–H groups in total. The van der Waals surface area contributed by atoms with Gasteiger partial charge >= 0.3 is 63.1 Å². The van der Waals surface area contributed by atoms with E-state index < -0.39 is 76.3 Å². The Hall–Kier alpha value is -2.37. The van der Waals surface area contributed by atoms with Crippen molar-refractivity contribution >= 4 is 16.1 Å². The first-order chi connectivity index (χ1) is 30.5. The quantitative estimate of drug-likeness (QED) is 0.0562. The van der Waals surface area contributed by atoms with Gasteiger partial charge in [-0.15, -0.1) is 0 Å². The van der Waals surface area contributed by atoms with Crippen LogP contribution in [0.15, 0.2) is 0 Å². The topological polar surface area (TPSA) is 165 Å². The molecule has 0 radical (unpaired) electrons. The lowest BCUT2D eigenvalue weighted by atomic mass is 9.91. The third kappa shape index (κ3) is 18.8. The molecule has 15 nitrogen and oxygen atoms in total. The number of rotatable bonds is 41. The van der Waals surface area contributed by atoms with Crippen molar-refractivity contribution in [1.29, 1.82) is 0 Å². The fourth-order valence-electron chi connectivity index (χ4n) is 4.04. The Labute approximate surface area is 366 Å². The molecule has 396 valence electrons.